The lowest BCUT2D eigenvalue weighted by Gasteiger charge is -2.09. The van der Waals surface area contributed by atoms with Gasteiger partial charge in [0, 0.05) is 11.4 Å². The van der Waals surface area contributed by atoms with Gasteiger partial charge in [-0.2, -0.15) is 0 Å². The van der Waals surface area contributed by atoms with Crippen LogP contribution in [0.1, 0.15) is 30.5 Å². The van der Waals surface area contributed by atoms with Crippen LogP contribution in [0.4, 0.5) is 0 Å². The van der Waals surface area contributed by atoms with E-state index in [1.54, 1.807) is 6.92 Å². The van der Waals surface area contributed by atoms with Crippen molar-refractivity contribution in [3.63, 3.8) is 0 Å². The van der Waals surface area contributed by atoms with Gasteiger partial charge in [0.15, 0.2) is 0 Å². The number of amides is 1. The van der Waals surface area contributed by atoms with Crippen molar-refractivity contribution in [2.45, 2.75) is 40.2 Å². The van der Waals surface area contributed by atoms with E-state index < -0.39 is 0 Å². The van der Waals surface area contributed by atoms with Crippen molar-refractivity contribution in [1.82, 2.24) is 14.9 Å². The van der Waals surface area contributed by atoms with Gasteiger partial charge in [0.05, 0.1) is 5.39 Å². The average Bonchev–Trinajstić information content (AvgIpc) is 2.75. The number of aryl methyl sites for hydroxylation is 2. The Hall–Kier alpha value is -1.69. The van der Waals surface area contributed by atoms with Gasteiger partial charge in [0.2, 0.25) is 5.91 Å². The first-order valence-electron chi connectivity index (χ1n) is 6.77. The Morgan fingerprint density at radius 1 is 1.45 bits per heavy atom. The highest BCUT2D eigenvalue weighted by Crippen LogP contribution is 2.20. The number of rotatable bonds is 5. The van der Waals surface area contributed by atoms with E-state index in [1.807, 2.05) is 13.0 Å². The molecule has 0 fully saturated rings. The summed E-state index contributed by atoms with van der Waals surface area (Å²) in [5.74, 6) is 0.437. The van der Waals surface area contributed by atoms with Crippen molar-refractivity contribution in [3.05, 3.63) is 27.1 Å². The SMILES string of the molecule is CCCCNC(=O)Cn1c(C)nc2sc(C)cc2c1=O. The van der Waals surface area contributed by atoms with Gasteiger partial charge >= 0.3 is 0 Å². The molecule has 0 bridgehead atoms. The predicted octanol–water partition coefficient (Wildman–Crippen LogP) is 1.99. The molecule has 0 unspecified atom stereocenters. The molecule has 0 aliphatic rings. The number of nitrogens with zero attached hydrogens (tertiary/aromatic N) is 2. The molecule has 6 heteroatoms. The summed E-state index contributed by atoms with van der Waals surface area (Å²) >= 11 is 1.50. The molecule has 0 aliphatic carbocycles. The van der Waals surface area contributed by atoms with Crippen molar-refractivity contribution < 1.29 is 4.79 Å². The summed E-state index contributed by atoms with van der Waals surface area (Å²) in [6.45, 7) is 6.46. The molecular weight excluding hydrogens is 274 g/mol. The summed E-state index contributed by atoms with van der Waals surface area (Å²) < 4.78 is 1.44. The first-order chi connectivity index (χ1) is 9.52. The minimum atomic E-state index is -0.142. The highest BCUT2D eigenvalue weighted by atomic mass is 32.1. The molecule has 1 N–H and O–H groups in total. The largest absolute Gasteiger partial charge is 0.355 e. The van der Waals surface area contributed by atoms with Crippen LogP contribution in [0.3, 0.4) is 0 Å². The second-order valence-corrected chi connectivity index (χ2v) is 6.06. The normalized spacial score (nSPS) is 10.9. The number of fused-ring (bicyclic) bond motifs is 1. The molecule has 20 heavy (non-hydrogen) atoms. The van der Waals surface area contributed by atoms with Gasteiger partial charge in [-0.15, -0.1) is 11.3 Å². The fraction of sp³-hybridized carbons (Fsp3) is 0.500. The third-order valence-electron chi connectivity index (χ3n) is 3.12. The van der Waals surface area contributed by atoms with Crippen LogP contribution in [0.2, 0.25) is 0 Å². The van der Waals surface area contributed by atoms with E-state index in [9.17, 15) is 9.59 Å². The van der Waals surface area contributed by atoms with Gasteiger partial charge in [-0.05, 0) is 26.3 Å². The Morgan fingerprint density at radius 2 is 2.20 bits per heavy atom. The van der Waals surface area contributed by atoms with Crippen molar-refractivity contribution in [3.8, 4) is 0 Å². The fourth-order valence-electron chi connectivity index (χ4n) is 2.03. The monoisotopic (exact) mass is 293 g/mol. The number of thiophene rings is 1. The molecule has 108 valence electrons. The van der Waals surface area contributed by atoms with Crippen molar-refractivity contribution in [2.24, 2.45) is 0 Å². The number of aromatic nitrogens is 2. The zero-order valence-corrected chi connectivity index (χ0v) is 12.8. The van der Waals surface area contributed by atoms with E-state index in [0.717, 1.165) is 22.5 Å². The van der Waals surface area contributed by atoms with Crippen molar-refractivity contribution in [2.75, 3.05) is 6.54 Å². The van der Waals surface area contributed by atoms with E-state index in [2.05, 4.69) is 17.2 Å². The number of unbranched alkanes of at least 4 members (excludes halogenated alkanes) is 1. The summed E-state index contributed by atoms with van der Waals surface area (Å²) in [4.78, 5) is 30.4. The molecule has 0 radical (unpaired) electrons. The number of carbonyl (C=O) groups excluding carboxylic acids is 1. The van der Waals surface area contributed by atoms with Crippen LogP contribution in [-0.2, 0) is 11.3 Å². The first kappa shape index (κ1) is 14.7. The van der Waals surface area contributed by atoms with Crippen LogP contribution in [0.25, 0.3) is 10.2 Å². The zero-order valence-electron chi connectivity index (χ0n) is 12.0. The van der Waals surface area contributed by atoms with Crippen LogP contribution >= 0.6 is 11.3 Å². The van der Waals surface area contributed by atoms with Crippen LogP contribution in [0.5, 0.6) is 0 Å². The zero-order chi connectivity index (χ0) is 14.7. The van der Waals surface area contributed by atoms with Gasteiger partial charge in [-0.1, -0.05) is 13.3 Å². The number of hydrogen-bond acceptors (Lipinski definition) is 4. The van der Waals surface area contributed by atoms with E-state index in [-0.39, 0.29) is 18.0 Å². The van der Waals surface area contributed by atoms with Gasteiger partial charge in [-0.3, -0.25) is 14.2 Å². The molecule has 2 heterocycles. The molecule has 0 saturated carbocycles. The van der Waals surface area contributed by atoms with Crippen molar-refractivity contribution >= 4 is 27.5 Å². The summed E-state index contributed by atoms with van der Waals surface area (Å²) in [6.07, 6.45) is 1.97. The number of nitrogens with one attached hydrogen (secondary N) is 1. The van der Waals surface area contributed by atoms with Crippen LogP contribution in [-0.4, -0.2) is 22.0 Å². The van der Waals surface area contributed by atoms with Gasteiger partial charge in [0.1, 0.15) is 17.2 Å². The Balaban J connectivity index is 2.25. The van der Waals surface area contributed by atoms with E-state index in [1.165, 1.54) is 15.9 Å². The molecule has 2 rings (SSSR count). The Morgan fingerprint density at radius 3 is 2.90 bits per heavy atom. The summed E-state index contributed by atoms with van der Waals surface area (Å²) in [6, 6.07) is 1.83. The predicted molar refractivity (Wildman–Crippen MR) is 81.3 cm³/mol. The van der Waals surface area contributed by atoms with E-state index >= 15 is 0 Å². The highest BCUT2D eigenvalue weighted by Gasteiger charge is 2.12. The van der Waals surface area contributed by atoms with Crippen molar-refractivity contribution in [1.29, 1.82) is 0 Å². The maximum atomic E-state index is 12.4. The number of hydrogen-bond donors (Lipinski definition) is 1. The number of carbonyl (C=O) groups is 1. The minimum absolute atomic E-state index is 0.0339. The molecule has 0 saturated heterocycles. The lowest BCUT2D eigenvalue weighted by molar-refractivity contribution is -0.121. The summed E-state index contributed by atoms with van der Waals surface area (Å²) in [5, 5.41) is 3.41. The second-order valence-electron chi connectivity index (χ2n) is 4.83. The second kappa shape index (κ2) is 6.17. The topological polar surface area (TPSA) is 64.0 Å². The minimum Gasteiger partial charge on any atom is -0.355 e. The summed E-state index contributed by atoms with van der Waals surface area (Å²) in [5.41, 5.74) is -0.137. The Kier molecular flexibility index (Phi) is 4.54. The molecule has 0 aliphatic heterocycles. The average molecular weight is 293 g/mol. The Bertz CT molecular complexity index is 688. The quantitative estimate of drug-likeness (QED) is 0.857. The lowest BCUT2D eigenvalue weighted by atomic mass is 10.3. The molecular formula is C14H19N3O2S. The Labute approximate surface area is 121 Å². The van der Waals surface area contributed by atoms with E-state index in [4.69, 9.17) is 0 Å². The standard InChI is InChI=1S/C14H19N3O2S/c1-4-5-6-15-12(18)8-17-10(3)16-13-11(14(17)19)7-9(2)20-13/h7H,4-6,8H2,1-3H3,(H,15,18). The molecule has 0 spiro atoms. The lowest BCUT2D eigenvalue weighted by Crippen LogP contribution is -2.34. The van der Waals surface area contributed by atoms with Crippen LogP contribution in [0.15, 0.2) is 10.9 Å². The maximum absolute atomic E-state index is 12.4. The fourth-order valence-corrected chi connectivity index (χ4v) is 2.94. The molecule has 1 amide bonds. The molecule has 0 aromatic carbocycles. The smallest absolute Gasteiger partial charge is 0.262 e. The third kappa shape index (κ3) is 3.07. The molecule has 2 aromatic rings. The van der Waals surface area contributed by atoms with Gasteiger partial charge in [0.25, 0.3) is 5.56 Å². The van der Waals surface area contributed by atoms with Crippen LogP contribution < -0.4 is 10.9 Å². The van der Waals surface area contributed by atoms with E-state index in [0.29, 0.717) is 17.8 Å². The summed E-state index contributed by atoms with van der Waals surface area (Å²) in [7, 11) is 0. The molecule has 0 atom stereocenters. The third-order valence-corrected chi connectivity index (χ3v) is 4.06. The molecule has 5 nitrogen and oxygen atoms in total. The van der Waals surface area contributed by atoms with Crippen LogP contribution in [0, 0.1) is 13.8 Å². The van der Waals surface area contributed by atoms with Gasteiger partial charge < -0.3 is 5.32 Å². The first-order valence-corrected chi connectivity index (χ1v) is 7.59. The maximum Gasteiger partial charge on any atom is 0.262 e. The van der Waals surface area contributed by atoms with Gasteiger partial charge in [-0.25, -0.2) is 4.98 Å². The molecule has 2 aromatic heterocycles. The highest BCUT2D eigenvalue weighted by molar-refractivity contribution is 7.18.